The number of hydrogen-bond acceptors (Lipinski definition) is 5. The summed E-state index contributed by atoms with van der Waals surface area (Å²) in [5, 5.41) is 7.33. The predicted octanol–water partition coefficient (Wildman–Crippen LogP) is 4.67. The van der Waals surface area contributed by atoms with Crippen molar-refractivity contribution in [2.24, 2.45) is 5.92 Å². The fourth-order valence-corrected chi connectivity index (χ4v) is 3.11. The number of nitrogens with zero attached hydrogens (tertiary/aromatic N) is 3. The van der Waals surface area contributed by atoms with Crippen LogP contribution in [0.15, 0.2) is 49.1 Å². The van der Waals surface area contributed by atoms with Gasteiger partial charge in [-0.3, -0.25) is 4.79 Å². The van der Waals surface area contributed by atoms with Gasteiger partial charge in [-0.05, 0) is 42.2 Å². The van der Waals surface area contributed by atoms with E-state index in [-0.39, 0.29) is 5.91 Å². The Bertz CT molecular complexity index is 990. The second-order valence-corrected chi connectivity index (χ2v) is 7.68. The first kappa shape index (κ1) is 21.6. The van der Waals surface area contributed by atoms with Crippen LogP contribution in [0.2, 0.25) is 5.02 Å². The quantitative estimate of drug-likeness (QED) is 0.536. The number of halogens is 1. The Balaban J connectivity index is 1.73. The summed E-state index contributed by atoms with van der Waals surface area (Å²) in [5.41, 5.74) is 2.04. The highest BCUT2D eigenvalue weighted by molar-refractivity contribution is 6.32. The van der Waals surface area contributed by atoms with Crippen molar-refractivity contribution < 1.29 is 14.3 Å². The normalized spacial score (nSPS) is 10.8. The fourth-order valence-electron chi connectivity index (χ4n) is 2.84. The van der Waals surface area contributed by atoms with Gasteiger partial charge >= 0.3 is 0 Å². The highest BCUT2D eigenvalue weighted by atomic mass is 35.5. The Labute approximate surface area is 181 Å². The third-order valence-corrected chi connectivity index (χ3v) is 4.71. The molecule has 7 nitrogen and oxygen atoms in total. The number of anilines is 1. The Morgan fingerprint density at radius 2 is 2.10 bits per heavy atom. The summed E-state index contributed by atoms with van der Waals surface area (Å²) in [6.45, 7) is 5.33. The lowest BCUT2D eigenvalue weighted by Crippen LogP contribution is -2.13. The summed E-state index contributed by atoms with van der Waals surface area (Å²) < 4.78 is 12.9. The van der Waals surface area contributed by atoms with Gasteiger partial charge in [0.15, 0.2) is 11.5 Å². The van der Waals surface area contributed by atoms with E-state index in [0.717, 1.165) is 12.0 Å². The van der Waals surface area contributed by atoms with Crippen LogP contribution in [0.25, 0.3) is 0 Å². The second kappa shape index (κ2) is 10.1. The van der Waals surface area contributed by atoms with Crippen LogP contribution in [-0.2, 0) is 6.54 Å². The van der Waals surface area contributed by atoms with Crippen molar-refractivity contribution in [3.05, 3.63) is 65.2 Å². The summed E-state index contributed by atoms with van der Waals surface area (Å²) in [6, 6.07) is 10.8. The van der Waals surface area contributed by atoms with Gasteiger partial charge in [-0.2, -0.15) is 5.10 Å². The van der Waals surface area contributed by atoms with E-state index in [1.807, 2.05) is 24.3 Å². The summed E-state index contributed by atoms with van der Waals surface area (Å²) >= 11 is 6.38. The van der Waals surface area contributed by atoms with E-state index >= 15 is 0 Å². The van der Waals surface area contributed by atoms with E-state index in [0.29, 0.717) is 46.8 Å². The highest BCUT2D eigenvalue weighted by Crippen LogP contribution is 2.37. The van der Waals surface area contributed by atoms with Crippen LogP contribution < -0.4 is 14.8 Å². The first-order valence-corrected chi connectivity index (χ1v) is 10.1. The van der Waals surface area contributed by atoms with Gasteiger partial charge in [0.2, 0.25) is 0 Å². The lowest BCUT2D eigenvalue weighted by atomic mass is 10.1. The van der Waals surface area contributed by atoms with Gasteiger partial charge in [-0.1, -0.05) is 37.6 Å². The highest BCUT2D eigenvalue weighted by Gasteiger charge is 2.16. The van der Waals surface area contributed by atoms with Crippen LogP contribution in [0.1, 0.15) is 36.2 Å². The summed E-state index contributed by atoms with van der Waals surface area (Å²) in [4.78, 5) is 16.7. The zero-order valence-electron chi connectivity index (χ0n) is 17.3. The molecule has 1 N–H and O–H groups in total. The number of carbonyl (C=O) groups is 1. The van der Waals surface area contributed by atoms with Crippen LogP contribution in [0, 0.1) is 5.92 Å². The maximum absolute atomic E-state index is 12.8. The molecule has 1 amide bonds. The molecule has 0 bridgehead atoms. The van der Waals surface area contributed by atoms with Gasteiger partial charge in [0.25, 0.3) is 5.91 Å². The van der Waals surface area contributed by atoms with Crippen LogP contribution in [0.4, 0.5) is 5.69 Å². The van der Waals surface area contributed by atoms with Crippen molar-refractivity contribution in [3.63, 3.8) is 0 Å². The molecule has 0 unspecified atom stereocenters. The monoisotopic (exact) mass is 428 g/mol. The minimum Gasteiger partial charge on any atom is -0.493 e. The van der Waals surface area contributed by atoms with E-state index < -0.39 is 0 Å². The third-order valence-electron chi connectivity index (χ3n) is 4.43. The molecular formula is C22H25ClN4O3. The van der Waals surface area contributed by atoms with E-state index in [4.69, 9.17) is 21.1 Å². The molecule has 0 atom stereocenters. The van der Waals surface area contributed by atoms with Gasteiger partial charge in [0.05, 0.1) is 25.3 Å². The van der Waals surface area contributed by atoms with Gasteiger partial charge in [-0.15, -0.1) is 0 Å². The summed E-state index contributed by atoms with van der Waals surface area (Å²) in [6.07, 6.45) is 4.02. The molecule has 0 fully saturated rings. The Hall–Kier alpha value is -3.06. The lowest BCUT2D eigenvalue weighted by Gasteiger charge is -2.15. The second-order valence-electron chi connectivity index (χ2n) is 7.27. The lowest BCUT2D eigenvalue weighted by molar-refractivity contribution is 0.102. The zero-order chi connectivity index (χ0) is 21.5. The van der Waals surface area contributed by atoms with Crippen molar-refractivity contribution in [1.82, 2.24) is 14.8 Å². The average Bonchev–Trinajstić information content (AvgIpc) is 3.21. The Morgan fingerprint density at radius 1 is 1.27 bits per heavy atom. The molecule has 3 rings (SSSR count). The number of nitrogens with one attached hydrogen (secondary N) is 1. The first-order valence-electron chi connectivity index (χ1n) is 9.69. The topological polar surface area (TPSA) is 78.3 Å². The molecule has 3 aromatic rings. The number of methoxy groups -OCH3 is 1. The first-order chi connectivity index (χ1) is 14.5. The minimum atomic E-state index is -0.290. The smallest absolute Gasteiger partial charge is 0.255 e. The number of amides is 1. The molecule has 2 aromatic carbocycles. The van der Waals surface area contributed by atoms with Crippen molar-refractivity contribution in [2.45, 2.75) is 26.8 Å². The van der Waals surface area contributed by atoms with Crippen LogP contribution in [0.5, 0.6) is 11.5 Å². The number of ether oxygens (including phenoxy) is 2. The molecule has 158 valence electrons. The van der Waals surface area contributed by atoms with Crippen LogP contribution in [0.3, 0.4) is 0 Å². The van der Waals surface area contributed by atoms with E-state index in [2.05, 4.69) is 29.2 Å². The standard InChI is InChI=1S/C22H25ClN4O3/c1-15(2)7-8-30-21-19(23)10-17(11-20(21)29-3)22(28)26-18-6-4-5-16(9-18)12-27-14-24-13-25-27/h4-6,9-11,13-15H,7-8,12H2,1-3H3,(H,26,28). The average molecular weight is 429 g/mol. The number of benzene rings is 2. The summed E-state index contributed by atoms with van der Waals surface area (Å²) in [5.74, 6) is 1.10. The van der Waals surface area contributed by atoms with Gasteiger partial charge in [0, 0.05) is 11.3 Å². The number of hydrogen-bond donors (Lipinski definition) is 1. The van der Waals surface area contributed by atoms with Crippen LogP contribution >= 0.6 is 11.6 Å². The van der Waals surface area contributed by atoms with E-state index in [9.17, 15) is 4.79 Å². The third kappa shape index (κ3) is 5.73. The largest absolute Gasteiger partial charge is 0.493 e. The number of rotatable bonds is 9. The number of aromatic nitrogens is 3. The van der Waals surface area contributed by atoms with Crippen molar-refractivity contribution in [2.75, 3.05) is 19.0 Å². The SMILES string of the molecule is COc1cc(C(=O)Nc2cccc(Cn3cncn3)c2)cc(Cl)c1OCCC(C)C. The van der Waals surface area contributed by atoms with Gasteiger partial charge < -0.3 is 14.8 Å². The molecule has 0 spiro atoms. The Kier molecular flexibility index (Phi) is 7.30. The molecule has 0 saturated heterocycles. The van der Waals surface area contributed by atoms with Crippen molar-refractivity contribution in [3.8, 4) is 11.5 Å². The molecular weight excluding hydrogens is 404 g/mol. The molecule has 0 aliphatic carbocycles. The molecule has 1 aromatic heterocycles. The molecule has 8 heteroatoms. The van der Waals surface area contributed by atoms with Crippen LogP contribution in [-0.4, -0.2) is 34.4 Å². The van der Waals surface area contributed by atoms with Crippen molar-refractivity contribution >= 4 is 23.2 Å². The van der Waals surface area contributed by atoms with Gasteiger partial charge in [0.1, 0.15) is 12.7 Å². The zero-order valence-corrected chi connectivity index (χ0v) is 18.0. The molecule has 0 radical (unpaired) electrons. The molecule has 0 aliphatic heterocycles. The Morgan fingerprint density at radius 3 is 2.80 bits per heavy atom. The fraction of sp³-hybridized carbons (Fsp3) is 0.318. The van der Waals surface area contributed by atoms with Crippen molar-refractivity contribution in [1.29, 1.82) is 0 Å². The molecule has 30 heavy (non-hydrogen) atoms. The molecule has 1 heterocycles. The summed E-state index contributed by atoms with van der Waals surface area (Å²) in [7, 11) is 1.52. The minimum absolute atomic E-state index is 0.290. The maximum atomic E-state index is 12.8. The molecule has 0 saturated carbocycles. The van der Waals surface area contributed by atoms with Gasteiger partial charge in [-0.25, -0.2) is 9.67 Å². The van der Waals surface area contributed by atoms with E-state index in [1.54, 1.807) is 23.1 Å². The maximum Gasteiger partial charge on any atom is 0.255 e. The number of carbonyl (C=O) groups excluding carboxylic acids is 1. The van der Waals surface area contributed by atoms with E-state index in [1.165, 1.54) is 13.4 Å². The molecule has 0 aliphatic rings. The predicted molar refractivity (Wildman–Crippen MR) is 116 cm³/mol.